The first-order valence-electron chi connectivity index (χ1n) is 8.48. The molecule has 8 heteroatoms. The summed E-state index contributed by atoms with van der Waals surface area (Å²) in [6.07, 6.45) is 4.12. The van der Waals surface area contributed by atoms with Crippen LogP contribution in [0.4, 0.5) is 4.79 Å². The number of amides is 1. The van der Waals surface area contributed by atoms with Gasteiger partial charge in [0.2, 0.25) is 0 Å². The molecule has 1 unspecified atom stereocenters. The van der Waals surface area contributed by atoms with Crippen LogP contribution in [0.25, 0.3) is 0 Å². The molecule has 8 nitrogen and oxygen atoms in total. The number of nitriles is 3. The van der Waals surface area contributed by atoms with Gasteiger partial charge in [-0.2, -0.15) is 15.8 Å². The summed E-state index contributed by atoms with van der Waals surface area (Å²) in [6, 6.07) is 7.67. The average Bonchev–Trinajstić information content (AvgIpc) is 3.21. The van der Waals surface area contributed by atoms with E-state index in [2.05, 4.69) is 6.07 Å². The molecule has 0 aromatic carbocycles. The van der Waals surface area contributed by atoms with Crippen LogP contribution >= 0.6 is 0 Å². The molecule has 0 saturated heterocycles. The number of hydrogen-bond donors (Lipinski definition) is 1. The molecule has 1 aliphatic heterocycles. The fourth-order valence-corrected chi connectivity index (χ4v) is 4.00. The molecule has 0 bridgehead atoms. The number of ether oxygens (including phenoxy) is 1. The third-order valence-corrected chi connectivity index (χ3v) is 5.22. The molecule has 1 aromatic heterocycles. The van der Waals surface area contributed by atoms with Crippen molar-refractivity contribution in [3.05, 3.63) is 35.8 Å². The minimum atomic E-state index is -1.82. The van der Waals surface area contributed by atoms with Crippen molar-refractivity contribution in [3.63, 3.8) is 0 Å². The number of carbonyl (C=O) groups excluding carboxylic acids is 1. The van der Waals surface area contributed by atoms with Gasteiger partial charge >= 0.3 is 6.09 Å². The Kier molecular flexibility index (Phi) is 4.71. The number of fused-ring (bicyclic) bond motifs is 1. The van der Waals surface area contributed by atoms with Crippen LogP contribution in [0.3, 0.4) is 0 Å². The van der Waals surface area contributed by atoms with E-state index in [9.17, 15) is 20.6 Å². The number of carbonyl (C=O) groups is 1. The lowest BCUT2D eigenvalue weighted by molar-refractivity contribution is 0.0992. The van der Waals surface area contributed by atoms with Crippen molar-refractivity contribution < 1.29 is 13.9 Å². The summed E-state index contributed by atoms with van der Waals surface area (Å²) in [5.74, 6) is -2.17. The molecule has 0 radical (unpaired) electrons. The van der Waals surface area contributed by atoms with Crippen LogP contribution in [-0.4, -0.2) is 36.4 Å². The molecule has 1 N–H and O–H groups in total. The van der Waals surface area contributed by atoms with Gasteiger partial charge < -0.3 is 19.5 Å². The number of furan rings is 1. The summed E-state index contributed by atoms with van der Waals surface area (Å²) < 4.78 is 10.2. The molecule has 136 valence electrons. The number of nitrogens with one attached hydrogen (secondary N) is 1. The zero-order valence-corrected chi connectivity index (χ0v) is 14.7. The zero-order valence-electron chi connectivity index (χ0n) is 14.7. The highest BCUT2D eigenvalue weighted by molar-refractivity contribution is 6.00. The maximum absolute atomic E-state index is 12.2. The van der Waals surface area contributed by atoms with Crippen molar-refractivity contribution >= 4 is 11.8 Å². The number of hydrogen-bond acceptors (Lipinski definition) is 7. The third kappa shape index (κ3) is 2.65. The van der Waals surface area contributed by atoms with Crippen molar-refractivity contribution in [1.29, 1.82) is 21.2 Å². The maximum atomic E-state index is 12.2. The SMILES string of the molecule is CCOC(=O)N1CC=C2C(C#N)C(=N)C(C#N)(C#N)[C@H](c3ccoc3)[C@@H]2C1. The molecule has 0 spiro atoms. The summed E-state index contributed by atoms with van der Waals surface area (Å²) >= 11 is 0. The smallest absolute Gasteiger partial charge is 0.410 e. The van der Waals surface area contributed by atoms with E-state index in [0.717, 1.165) is 0 Å². The van der Waals surface area contributed by atoms with Crippen LogP contribution in [0.2, 0.25) is 0 Å². The van der Waals surface area contributed by atoms with Gasteiger partial charge in [-0.15, -0.1) is 0 Å². The lowest BCUT2D eigenvalue weighted by atomic mass is 9.54. The Morgan fingerprint density at radius 3 is 2.74 bits per heavy atom. The molecule has 1 aromatic rings. The summed E-state index contributed by atoms with van der Waals surface area (Å²) in [7, 11) is 0. The van der Waals surface area contributed by atoms with Gasteiger partial charge in [0.05, 0.1) is 43.1 Å². The van der Waals surface area contributed by atoms with E-state index in [0.29, 0.717) is 11.1 Å². The van der Waals surface area contributed by atoms with E-state index in [1.165, 1.54) is 17.4 Å². The van der Waals surface area contributed by atoms with Crippen LogP contribution in [-0.2, 0) is 4.74 Å². The normalized spacial score (nSPS) is 26.0. The Labute approximate surface area is 156 Å². The quantitative estimate of drug-likeness (QED) is 0.801. The second-order valence-electron chi connectivity index (χ2n) is 6.46. The number of rotatable bonds is 2. The van der Waals surface area contributed by atoms with Gasteiger partial charge in [0.1, 0.15) is 5.92 Å². The van der Waals surface area contributed by atoms with E-state index < -0.39 is 29.3 Å². The largest absolute Gasteiger partial charge is 0.472 e. The van der Waals surface area contributed by atoms with E-state index in [4.69, 9.17) is 14.6 Å². The minimum Gasteiger partial charge on any atom is -0.472 e. The zero-order chi connectivity index (χ0) is 19.6. The van der Waals surface area contributed by atoms with Gasteiger partial charge in [-0.1, -0.05) is 6.08 Å². The summed E-state index contributed by atoms with van der Waals surface area (Å²) in [5.41, 5.74) is -0.797. The maximum Gasteiger partial charge on any atom is 0.410 e. The fourth-order valence-electron chi connectivity index (χ4n) is 4.00. The fraction of sp³-hybridized carbons (Fsp3) is 0.421. The van der Waals surface area contributed by atoms with Crippen molar-refractivity contribution in [3.8, 4) is 18.2 Å². The molecule has 1 saturated carbocycles. The molecule has 2 heterocycles. The van der Waals surface area contributed by atoms with E-state index in [1.807, 2.05) is 12.1 Å². The van der Waals surface area contributed by atoms with Crippen molar-refractivity contribution in [2.24, 2.45) is 17.3 Å². The van der Waals surface area contributed by atoms with Gasteiger partial charge in [-0.25, -0.2) is 4.79 Å². The topological polar surface area (TPSA) is 138 Å². The Morgan fingerprint density at radius 2 is 2.19 bits per heavy atom. The van der Waals surface area contributed by atoms with Crippen LogP contribution in [0.15, 0.2) is 34.7 Å². The first-order valence-corrected chi connectivity index (χ1v) is 8.48. The monoisotopic (exact) mass is 363 g/mol. The first-order chi connectivity index (χ1) is 13.0. The van der Waals surface area contributed by atoms with Gasteiger partial charge in [-0.3, -0.25) is 0 Å². The van der Waals surface area contributed by atoms with Crippen molar-refractivity contribution in [1.82, 2.24) is 4.90 Å². The average molecular weight is 363 g/mol. The summed E-state index contributed by atoms with van der Waals surface area (Å²) in [4.78, 5) is 13.7. The van der Waals surface area contributed by atoms with E-state index in [1.54, 1.807) is 19.1 Å². The van der Waals surface area contributed by atoms with Gasteiger partial charge in [0.15, 0.2) is 5.41 Å². The molecule has 1 fully saturated rings. The molecule has 2 aliphatic rings. The molecular formula is C19H17N5O3. The highest BCUT2D eigenvalue weighted by Crippen LogP contribution is 2.53. The standard InChI is InChI=1S/C19H17N5O3/c1-2-27-18(25)24-5-3-13-14(7-20)17(23)19(10-21,11-22)16(15(13)8-24)12-4-6-26-9-12/h3-4,6,9,14-16,23H,2,5,8H2,1H3/t14?,15-,16-/m1/s1. The molecular weight excluding hydrogens is 346 g/mol. The second kappa shape index (κ2) is 6.97. The van der Waals surface area contributed by atoms with Crippen LogP contribution in [0.5, 0.6) is 0 Å². The van der Waals surface area contributed by atoms with Gasteiger partial charge in [0.25, 0.3) is 0 Å². The Balaban J connectivity index is 2.15. The highest BCUT2D eigenvalue weighted by atomic mass is 16.6. The number of nitrogens with zero attached hydrogens (tertiary/aromatic N) is 4. The van der Waals surface area contributed by atoms with Crippen molar-refractivity contribution in [2.45, 2.75) is 12.8 Å². The van der Waals surface area contributed by atoms with Crippen LogP contribution in [0.1, 0.15) is 18.4 Å². The van der Waals surface area contributed by atoms with Gasteiger partial charge in [0, 0.05) is 24.9 Å². The predicted octanol–water partition coefficient (Wildman–Crippen LogP) is 2.58. The molecule has 27 heavy (non-hydrogen) atoms. The summed E-state index contributed by atoms with van der Waals surface area (Å²) in [5, 5.41) is 37.8. The Bertz CT molecular complexity index is 899. The minimum absolute atomic E-state index is 0.192. The molecule has 1 amide bonds. The highest BCUT2D eigenvalue weighted by Gasteiger charge is 2.58. The molecule has 1 aliphatic carbocycles. The predicted molar refractivity (Wildman–Crippen MR) is 92.1 cm³/mol. The van der Waals surface area contributed by atoms with Gasteiger partial charge in [-0.05, 0) is 24.1 Å². The van der Waals surface area contributed by atoms with E-state index >= 15 is 0 Å². The molecule has 3 atom stereocenters. The lowest BCUT2D eigenvalue weighted by Gasteiger charge is -2.47. The summed E-state index contributed by atoms with van der Waals surface area (Å²) in [6.45, 7) is 2.38. The third-order valence-electron chi connectivity index (χ3n) is 5.22. The first kappa shape index (κ1) is 18.2. The van der Waals surface area contributed by atoms with Crippen molar-refractivity contribution in [2.75, 3.05) is 19.7 Å². The van der Waals surface area contributed by atoms with Crippen LogP contribution < -0.4 is 0 Å². The Hall–Kier alpha value is -3.57. The lowest BCUT2D eigenvalue weighted by Crippen LogP contribution is -2.53. The Morgan fingerprint density at radius 1 is 1.44 bits per heavy atom. The van der Waals surface area contributed by atoms with E-state index in [-0.39, 0.29) is 25.4 Å². The second-order valence-corrected chi connectivity index (χ2v) is 6.46. The molecule has 3 rings (SSSR count). The van der Waals surface area contributed by atoms with Crippen LogP contribution in [0, 0.1) is 56.7 Å².